The van der Waals surface area contributed by atoms with Gasteiger partial charge in [-0.25, -0.2) is 0 Å². The third-order valence-electron chi connectivity index (χ3n) is 5.62. The highest BCUT2D eigenvalue weighted by molar-refractivity contribution is 7.19. The highest BCUT2D eigenvalue weighted by atomic mass is 32.1. The lowest BCUT2D eigenvalue weighted by molar-refractivity contribution is -0.137. The van der Waals surface area contributed by atoms with Crippen molar-refractivity contribution in [3.8, 4) is 0 Å². The third kappa shape index (κ3) is 5.45. The molecule has 3 rings (SSSR count). The summed E-state index contributed by atoms with van der Waals surface area (Å²) in [5.41, 5.74) is -1.19. The zero-order valence-corrected chi connectivity index (χ0v) is 17.8. The minimum Gasteiger partial charge on any atom is -0.481 e. The predicted molar refractivity (Wildman–Crippen MR) is 118 cm³/mol. The summed E-state index contributed by atoms with van der Waals surface area (Å²) in [6.45, 7) is 1.72. The summed E-state index contributed by atoms with van der Waals surface area (Å²) < 4.78 is 1.10. The number of hydrogen-bond acceptors (Lipinski definition) is 5. The molecule has 0 radical (unpaired) electrons. The van der Waals surface area contributed by atoms with E-state index in [9.17, 15) is 19.8 Å². The zero-order chi connectivity index (χ0) is 21.7. The van der Waals surface area contributed by atoms with Gasteiger partial charge in [-0.1, -0.05) is 42.5 Å². The van der Waals surface area contributed by atoms with Crippen LogP contribution in [0.4, 0.5) is 0 Å². The molecule has 4 atom stereocenters. The SMILES string of the molecule is CC(O)(C=C[C@H]1[C@H](O)CC(=O)[C@@H]1CC=CCCCC(=O)O)c1cc2ccccc2s1. The second-order valence-corrected chi connectivity index (χ2v) is 9.15. The van der Waals surface area contributed by atoms with Crippen LogP contribution in [-0.4, -0.2) is 33.2 Å². The number of benzene rings is 1. The summed E-state index contributed by atoms with van der Waals surface area (Å²) in [4.78, 5) is 23.7. The number of allylic oxidation sites excluding steroid dienone is 2. The molecule has 5 nitrogen and oxygen atoms in total. The normalized spacial score (nSPS) is 24.2. The average Bonchev–Trinajstić information content (AvgIpc) is 3.24. The number of aliphatic carboxylic acids is 1. The average molecular weight is 429 g/mol. The topological polar surface area (TPSA) is 94.8 Å². The largest absolute Gasteiger partial charge is 0.481 e. The highest BCUT2D eigenvalue weighted by Gasteiger charge is 2.39. The van der Waals surface area contributed by atoms with Gasteiger partial charge in [0.25, 0.3) is 0 Å². The predicted octanol–water partition coefficient (Wildman–Crippen LogP) is 4.43. The van der Waals surface area contributed by atoms with Crippen molar-refractivity contribution in [3.05, 3.63) is 59.5 Å². The van der Waals surface area contributed by atoms with Crippen molar-refractivity contribution in [2.45, 2.75) is 50.7 Å². The molecule has 1 unspecified atom stereocenters. The summed E-state index contributed by atoms with van der Waals surface area (Å²) >= 11 is 1.53. The first-order chi connectivity index (χ1) is 14.3. The van der Waals surface area contributed by atoms with Gasteiger partial charge in [-0.15, -0.1) is 11.3 Å². The molecule has 1 aromatic carbocycles. The standard InChI is InChI=1S/C24H28O5S/c1-24(29,22-14-16-8-6-7-10-21(16)30-22)13-12-18-17(19(25)15-20(18)26)9-4-2-3-5-11-23(27)28/h2,4,6-8,10,12-14,17-18,20,26,29H,3,5,9,11,15H2,1H3,(H,27,28)/t17-,18-,20-,24?/m1/s1. The van der Waals surface area contributed by atoms with Gasteiger partial charge in [-0.3, -0.25) is 9.59 Å². The molecule has 0 aliphatic heterocycles. The maximum Gasteiger partial charge on any atom is 0.303 e. The number of aliphatic hydroxyl groups is 2. The molecule has 2 aromatic rings. The molecule has 30 heavy (non-hydrogen) atoms. The van der Waals surface area contributed by atoms with E-state index in [4.69, 9.17) is 5.11 Å². The molecule has 1 fully saturated rings. The Morgan fingerprint density at radius 1 is 1.30 bits per heavy atom. The molecule has 0 amide bonds. The van der Waals surface area contributed by atoms with Gasteiger partial charge in [-0.2, -0.15) is 0 Å². The van der Waals surface area contributed by atoms with Crippen molar-refractivity contribution in [2.75, 3.05) is 0 Å². The number of rotatable bonds is 9. The number of carbonyl (C=O) groups is 2. The number of ketones is 1. The minimum atomic E-state index is -1.19. The van der Waals surface area contributed by atoms with Crippen molar-refractivity contribution in [2.24, 2.45) is 11.8 Å². The Morgan fingerprint density at radius 2 is 2.07 bits per heavy atom. The van der Waals surface area contributed by atoms with Crippen LogP contribution in [0.15, 0.2) is 54.6 Å². The van der Waals surface area contributed by atoms with Gasteiger partial charge in [0, 0.05) is 34.3 Å². The first kappa shape index (κ1) is 22.4. The fourth-order valence-corrected chi connectivity index (χ4v) is 4.96. The van der Waals surface area contributed by atoms with Crippen LogP contribution in [0.1, 0.15) is 43.9 Å². The van der Waals surface area contributed by atoms with Gasteiger partial charge >= 0.3 is 5.97 Å². The molecule has 0 saturated heterocycles. The van der Waals surface area contributed by atoms with E-state index in [0.717, 1.165) is 15.0 Å². The van der Waals surface area contributed by atoms with Crippen LogP contribution in [0.3, 0.4) is 0 Å². The number of fused-ring (bicyclic) bond motifs is 1. The lowest BCUT2D eigenvalue weighted by Gasteiger charge is -2.21. The molecule has 1 aromatic heterocycles. The monoisotopic (exact) mass is 428 g/mol. The van der Waals surface area contributed by atoms with Crippen molar-refractivity contribution >= 4 is 33.2 Å². The van der Waals surface area contributed by atoms with Crippen LogP contribution >= 0.6 is 11.3 Å². The van der Waals surface area contributed by atoms with Crippen LogP contribution in [0.5, 0.6) is 0 Å². The van der Waals surface area contributed by atoms with Gasteiger partial charge in [0.05, 0.1) is 6.10 Å². The van der Waals surface area contributed by atoms with Crippen LogP contribution < -0.4 is 0 Å². The Bertz CT molecular complexity index is 922. The smallest absolute Gasteiger partial charge is 0.303 e. The molecule has 1 aliphatic rings. The van der Waals surface area contributed by atoms with Gasteiger partial charge in [0.15, 0.2) is 0 Å². The van der Waals surface area contributed by atoms with E-state index in [0.29, 0.717) is 19.3 Å². The molecule has 6 heteroatoms. The first-order valence-corrected chi connectivity index (χ1v) is 11.1. The molecular weight excluding hydrogens is 400 g/mol. The molecule has 1 aliphatic carbocycles. The molecular formula is C24H28O5S. The van der Waals surface area contributed by atoms with Gasteiger partial charge < -0.3 is 15.3 Å². The Hall–Kier alpha value is -2.28. The molecule has 160 valence electrons. The highest BCUT2D eigenvalue weighted by Crippen LogP contribution is 2.37. The number of aliphatic hydroxyl groups excluding tert-OH is 1. The Kier molecular flexibility index (Phi) is 7.23. The summed E-state index contributed by atoms with van der Waals surface area (Å²) in [5.74, 6) is -1.46. The quantitative estimate of drug-likeness (QED) is 0.406. The first-order valence-electron chi connectivity index (χ1n) is 10.3. The fraction of sp³-hybridized carbons (Fsp3) is 0.417. The molecule has 0 bridgehead atoms. The van der Waals surface area contributed by atoms with Crippen LogP contribution in [-0.2, 0) is 15.2 Å². The number of Topliss-reactive ketones (excluding diaryl/α,β-unsaturated/α-hetero) is 1. The van der Waals surface area contributed by atoms with Crippen LogP contribution in [0.2, 0.25) is 0 Å². The Balaban J connectivity index is 1.67. The maximum absolute atomic E-state index is 12.4. The fourth-order valence-electron chi connectivity index (χ4n) is 3.87. The number of carboxylic acids is 1. The lowest BCUT2D eigenvalue weighted by atomic mass is 9.89. The van der Waals surface area contributed by atoms with Crippen molar-refractivity contribution in [3.63, 3.8) is 0 Å². The van der Waals surface area contributed by atoms with E-state index < -0.39 is 17.7 Å². The molecule has 0 spiro atoms. The number of carboxylic acid groups (broad SMARTS) is 1. The number of carbonyl (C=O) groups excluding carboxylic acids is 1. The molecule has 1 heterocycles. The molecule has 3 N–H and O–H groups in total. The maximum atomic E-state index is 12.4. The van der Waals surface area contributed by atoms with Gasteiger partial charge in [0.1, 0.15) is 11.4 Å². The van der Waals surface area contributed by atoms with E-state index in [-0.39, 0.29) is 30.5 Å². The second-order valence-electron chi connectivity index (χ2n) is 8.07. The van der Waals surface area contributed by atoms with Crippen molar-refractivity contribution in [1.29, 1.82) is 0 Å². The summed E-state index contributed by atoms with van der Waals surface area (Å²) in [6.07, 6.45) is 8.48. The summed E-state index contributed by atoms with van der Waals surface area (Å²) in [7, 11) is 0. The zero-order valence-electron chi connectivity index (χ0n) is 17.0. The summed E-state index contributed by atoms with van der Waals surface area (Å²) in [5, 5.41) is 31.1. The minimum absolute atomic E-state index is 0.0221. The summed E-state index contributed by atoms with van der Waals surface area (Å²) in [6, 6.07) is 9.92. The van der Waals surface area contributed by atoms with E-state index in [1.807, 2.05) is 42.5 Å². The van der Waals surface area contributed by atoms with E-state index in [2.05, 4.69) is 0 Å². The number of thiophene rings is 1. The van der Waals surface area contributed by atoms with Gasteiger partial charge in [0.2, 0.25) is 0 Å². The third-order valence-corrected chi connectivity index (χ3v) is 6.96. The number of hydrogen-bond donors (Lipinski definition) is 3. The Morgan fingerprint density at radius 3 is 2.80 bits per heavy atom. The second kappa shape index (κ2) is 9.69. The molecule has 1 saturated carbocycles. The number of unbranched alkanes of at least 4 members (excludes halogenated alkanes) is 1. The van der Waals surface area contributed by atoms with Crippen molar-refractivity contribution < 1.29 is 24.9 Å². The van der Waals surface area contributed by atoms with E-state index >= 15 is 0 Å². The van der Waals surface area contributed by atoms with Crippen molar-refractivity contribution in [1.82, 2.24) is 0 Å². The van der Waals surface area contributed by atoms with E-state index in [1.54, 1.807) is 19.1 Å². The van der Waals surface area contributed by atoms with E-state index in [1.165, 1.54) is 11.3 Å². The Labute approximate surface area is 180 Å². The lowest BCUT2D eigenvalue weighted by Crippen LogP contribution is -2.21. The van der Waals surface area contributed by atoms with Gasteiger partial charge in [-0.05, 0) is 43.7 Å². The van der Waals surface area contributed by atoms with Crippen LogP contribution in [0, 0.1) is 11.8 Å². The van der Waals surface area contributed by atoms with Crippen LogP contribution in [0.25, 0.3) is 10.1 Å².